The molecule has 5 nitrogen and oxygen atoms in total. The smallest absolute Gasteiger partial charge is 0.238 e. The third-order valence-corrected chi connectivity index (χ3v) is 4.43. The second-order valence-corrected chi connectivity index (χ2v) is 6.95. The van der Waals surface area contributed by atoms with Crippen LogP contribution in [0.3, 0.4) is 0 Å². The number of carbonyl (C=O) groups excluding carboxylic acids is 1. The van der Waals surface area contributed by atoms with Gasteiger partial charge in [-0.1, -0.05) is 38.8 Å². The minimum atomic E-state index is -3.68. The van der Waals surface area contributed by atoms with Crippen LogP contribution in [-0.4, -0.2) is 14.3 Å². The van der Waals surface area contributed by atoms with Gasteiger partial charge in [-0.3, -0.25) is 4.79 Å². The van der Waals surface area contributed by atoms with Gasteiger partial charge in [0, 0.05) is 5.92 Å². The zero-order chi connectivity index (χ0) is 16.0. The van der Waals surface area contributed by atoms with E-state index in [0.29, 0.717) is 0 Å². The van der Waals surface area contributed by atoms with Gasteiger partial charge >= 0.3 is 0 Å². The fourth-order valence-corrected chi connectivity index (χ4v) is 2.54. The number of nitrogens with one attached hydrogen (secondary N) is 1. The molecule has 1 aromatic carbocycles. The number of hydrogen-bond donors (Lipinski definition) is 2. The van der Waals surface area contributed by atoms with Crippen molar-refractivity contribution >= 4 is 15.9 Å². The van der Waals surface area contributed by atoms with Gasteiger partial charge in [-0.05, 0) is 31.0 Å². The molecular weight excluding hydrogens is 288 g/mol. The molecule has 0 radical (unpaired) electrons. The van der Waals surface area contributed by atoms with E-state index < -0.39 is 10.0 Å². The van der Waals surface area contributed by atoms with Gasteiger partial charge in [-0.25, -0.2) is 13.6 Å². The fourth-order valence-electron chi connectivity index (χ4n) is 2.03. The molecule has 0 saturated carbocycles. The molecule has 3 N–H and O–H groups in total. The average Bonchev–Trinajstić information content (AvgIpc) is 2.43. The molecule has 0 aromatic heterocycles. The van der Waals surface area contributed by atoms with Crippen LogP contribution in [0, 0.1) is 5.92 Å². The molecule has 0 saturated heterocycles. The van der Waals surface area contributed by atoms with Gasteiger partial charge in [0.15, 0.2) is 0 Å². The molecule has 0 heterocycles. The van der Waals surface area contributed by atoms with Crippen molar-refractivity contribution in [3.63, 3.8) is 0 Å². The Kier molecular flexibility index (Phi) is 6.36. The van der Waals surface area contributed by atoms with E-state index in [-0.39, 0.29) is 22.8 Å². The molecule has 0 unspecified atom stereocenters. The van der Waals surface area contributed by atoms with Crippen LogP contribution in [0.2, 0.25) is 0 Å². The number of primary sulfonamides is 1. The second-order valence-electron chi connectivity index (χ2n) is 5.39. The summed E-state index contributed by atoms with van der Waals surface area (Å²) in [7, 11) is -3.68. The molecule has 2 atom stereocenters. The quantitative estimate of drug-likeness (QED) is 0.809. The maximum atomic E-state index is 12.0. The SMILES string of the molecule is CCCC[C@H](C)C(=O)N[C@H](C)c1ccc(S(N)(=O)=O)cc1. The highest BCUT2D eigenvalue weighted by molar-refractivity contribution is 7.89. The largest absolute Gasteiger partial charge is 0.349 e. The Labute approximate surface area is 127 Å². The van der Waals surface area contributed by atoms with Crippen molar-refractivity contribution in [3.05, 3.63) is 29.8 Å². The molecule has 118 valence electrons. The number of nitrogens with two attached hydrogens (primary N) is 1. The van der Waals surface area contributed by atoms with Gasteiger partial charge in [0.05, 0.1) is 10.9 Å². The van der Waals surface area contributed by atoms with Crippen LogP contribution in [0.15, 0.2) is 29.2 Å². The van der Waals surface area contributed by atoms with Gasteiger partial charge in [0.2, 0.25) is 15.9 Å². The summed E-state index contributed by atoms with van der Waals surface area (Å²) < 4.78 is 22.4. The number of rotatable bonds is 7. The summed E-state index contributed by atoms with van der Waals surface area (Å²) in [6.07, 6.45) is 2.98. The minimum absolute atomic E-state index is 0.0175. The van der Waals surface area contributed by atoms with E-state index in [1.54, 1.807) is 12.1 Å². The zero-order valence-electron chi connectivity index (χ0n) is 12.8. The zero-order valence-corrected chi connectivity index (χ0v) is 13.6. The Morgan fingerprint density at radius 3 is 2.29 bits per heavy atom. The highest BCUT2D eigenvalue weighted by atomic mass is 32.2. The van der Waals surface area contributed by atoms with E-state index in [1.165, 1.54) is 12.1 Å². The predicted molar refractivity (Wildman–Crippen MR) is 83.1 cm³/mol. The molecule has 0 spiro atoms. The van der Waals surface area contributed by atoms with Crippen molar-refractivity contribution in [1.29, 1.82) is 0 Å². The van der Waals surface area contributed by atoms with Crippen molar-refractivity contribution in [2.24, 2.45) is 11.1 Å². The molecular formula is C15H24N2O3S. The molecule has 1 amide bonds. The van der Waals surface area contributed by atoms with Crippen LogP contribution < -0.4 is 10.5 Å². The lowest BCUT2D eigenvalue weighted by molar-refractivity contribution is -0.125. The van der Waals surface area contributed by atoms with Crippen LogP contribution in [-0.2, 0) is 14.8 Å². The van der Waals surface area contributed by atoms with E-state index in [0.717, 1.165) is 24.8 Å². The third-order valence-electron chi connectivity index (χ3n) is 3.51. The topological polar surface area (TPSA) is 89.3 Å². The number of hydrogen-bond acceptors (Lipinski definition) is 3. The van der Waals surface area contributed by atoms with E-state index in [2.05, 4.69) is 12.2 Å². The molecule has 0 fully saturated rings. The number of amides is 1. The lowest BCUT2D eigenvalue weighted by atomic mass is 10.0. The number of unbranched alkanes of at least 4 members (excludes halogenated alkanes) is 1. The maximum Gasteiger partial charge on any atom is 0.238 e. The predicted octanol–water partition coefficient (Wildman–Crippen LogP) is 2.34. The van der Waals surface area contributed by atoms with Gasteiger partial charge in [-0.2, -0.15) is 0 Å². The molecule has 0 aliphatic carbocycles. The van der Waals surface area contributed by atoms with Gasteiger partial charge < -0.3 is 5.32 Å². The first-order valence-corrected chi connectivity index (χ1v) is 8.73. The van der Waals surface area contributed by atoms with Gasteiger partial charge in [-0.15, -0.1) is 0 Å². The number of sulfonamides is 1. The van der Waals surface area contributed by atoms with Crippen molar-refractivity contribution in [2.45, 2.75) is 51.0 Å². The van der Waals surface area contributed by atoms with E-state index in [9.17, 15) is 13.2 Å². The summed E-state index contributed by atoms with van der Waals surface area (Å²) in [6.45, 7) is 5.89. The highest BCUT2D eigenvalue weighted by Gasteiger charge is 2.16. The average molecular weight is 312 g/mol. The van der Waals surface area contributed by atoms with Gasteiger partial charge in [0.25, 0.3) is 0 Å². The van der Waals surface area contributed by atoms with Crippen LogP contribution in [0.1, 0.15) is 51.6 Å². The third kappa shape index (κ3) is 5.47. The van der Waals surface area contributed by atoms with Crippen LogP contribution in [0.25, 0.3) is 0 Å². The van der Waals surface area contributed by atoms with Crippen LogP contribution >= 0.6 is 0 Å². The van der Waals surface area contributed by atoms with Crippen LogP contribution in [0.5, 0.6) is 0 Å². The molecule has 1 aromatic rings. The Morgan fingerprint density at radius 1 is 1.24 bits per heavy atom. The summed E-state index contributed by atoms with van der Waals surface area (Å²) in [6, 6.07) is 6.07. The summed E-state index contributed by atoms with van der Waals surface area (Å²) in [5, 5.41) is 8.00. The Hall–Kier alpha value is -1.40. The number of carbonyl (C=O) groups is 1. The first-order chi connectivity index (χ1) is 9.75. The normalized spacial score (nSPS) is 14.5. The summed E-state index contributed by atoms with van der Waals surface area (Å²) in [5.41, 5.74) is 0.846. The van der Waals surface area contributed by atoms with E-state index in [1.807, 2.05) is 13.8 Å². The van der Waals surface area contributed by atoms with Crippen molar-refractivity contribution in [2.75, 3.05) is 0 Å². The van der Waals surface area contributed by atoms with Crippen molar-refractivity contribution < 1.29 is 13.2 Å². The summed E-state index contributed by atoms with van der Waals surface area (Å²) in [5.74, 6) is 0.00238. The number of benzene rings is 1. The Balaban J connectivity index is 2.67. The Bertz CT molecular complexity index is 567. The molecule has 0 aliphatic heterocycles. The molecule has 1 rings (SSSR count). The Morgan fingerprint density at radius 2 is 1.81 bits per heavy atom. The summed E-state index contributed by atoms with van der Waals surface area (Å²) >= 11 is 0. The minimum Gasteiger partial charge on any atom is -0.349 e. The van der Waals surface area contributed by atoms with Crippen molar-refractivity contribution in [3.8, 4) is 0 Å². The lowest BCUT2D eigenvalue weighted by Crippen LogP contribution is -2.31. The fraction of sp³-hybridized carbons (Fsp3) is 0.533. The monoisotopic (exact) mass is 312 g/mol. The maximum absolute atomic E-state index is 12.0. The second kappa shape index (κ2) is 7.56. The lowest BCUT2D eigenvalue weighted by Gasteiger charge is -2.18. The van der Waals surface area contributed by atoms with E-state index in [4.69, 9.17) is 5.14 Å². The molecule has 21 heavy (non-hydrogen) atoms. The van der Waals surface area contributed by atoms with Crippen molar-refractivity contribution in [1.82, 2.24) is 5.32 Å². The highest BCUT2D eigenvalue weighted by Crippen LogP contribution is 2.17. The molecule has 6 heteroatoms. The first-order valence-electron chi connectivity index (χ1n) is 7.18. The molecule has 0 aliphatic rings. The summed E-state index contributed by atoms with van der Waals surface area (Å²) in [4.78, 5) is 12.1. The standard InChI is InChI=1S/C15H24N2O3S/c1-4-5-6-11(2)15(18)17-12(3)13-7-9-14(10-8-13)21(16,19)20/h7-12H,4-6H2,1-3H3,(H,17,18)(H2,16,19,20)/t11-,12+/m0/s1. The molecule has 0 bridgehead atoms. The van der Waals surface area contributed by atoms with Crippen LogP contribution in [0.4, 0.5) is 0 Å². The van der Waals surface area contributed by atoms with Gasteiger partial charge in [0.1, 0.15) is 0 Å². The first kappa shape index (κ1) is 17.7. The van der Waals surface area contributed by atoms with E-state index >= 15 is 0 Å².